The van der Waals surface area contributed by atoms with E-state index in [4.69, 9.17) is 22.4 Å². The Kier molecular flexibility index (Phi) is 5.18. The highest BCUT2D eigenvalue weighted by atomic mass is 35.5. The summed E-state index contributed by atoms with van der Waals surface area (Å²) in [7, 11) is 0. The minimum atomic E-state index is -0.613. The third kappa shape index (κ3) is 4.22. The van der Waals surface area contributed by atoms with Gasteiger partial charge >= 0.3 is 5.97 Å². The third-order valence-corrected chi connectivity index (χ3v) is 2.97. The molecular formula is C16H10ClNO5. The lowest BCUT2D eigenvalue weighted by Gasteiger charge is -2.00. The van der Waals surface area contributed by atoms with Gasteiger partial charge in [0.25, 0.3) is 5.69 Å². The molecule has 0 unspecified atom stereocenters. The van der Waals surface area contributed by atoms with Crippen molar-refractivity contribution in [3.8, 4) is 23.7 Å². The SMILES string of the molecule is C#CCOC(=O)/C=C/c1ccc(-c2ccc(Cl)cc2[N+](=O)[O-])o1. The van der Waals surface area contributed by atoms with Crippen molar-refractivity contribution in [2.75, 3.05) is 6.61 Å². The first-order valence-electron chi connectivity index (χ1n) is 6.33. The van der Waals surface area contributed by atoms with Crippen LogP contribution in [0.2, 0.25) is 5.02 Å². The van der Waals surface area contributed by atoms with Crippen molar-refractivity contribution in [1.29, 1.82) is 0 Å². The van der Waals surface area contributed by atoms with Crippen molar-refractivity contribution < 1.29 is 18.9 Å². The maximum absolute atomic E-state index is 11.3. The van der Waals surface area contributed by atoms with Gasteiger partial charge in [-0.1, -0.05) is 17.5 Å². The third-order valence-electron chi connectivity index (χ3n) is 2.73. The summed E-state index contributed by atoms with van der Waals surface area (Å²) >= 11 is 5.77. The highest BCUT2D eigenvalue weighted by Gasteiger charge is 2.18. The highest BCUT2D eigenvalue weighted by molar-refractivity contribution is 6.30. The Hall–Kier alpha value is -3.04. The molecule has 0 amide bonds. The van der Waals surface area contributed by atoms with Crippen LogP contribution in [-0.2, 0) is 9.53 Å². The average molecular weight is 332 g/mol. The first-order valence-corrected chi connectivity index (χ1v) is 6.71. The van der Waals surface area contributed by atoms with E-state index in [1.54, 1.807) is 12.1 Å². The number of carbonyl (C=O) groups excluding carboxylic acids is 1. The Morgan fingerprint density at radius 3 is 2.91 bits per heavy atom. The fourth-order valence-electron chi connectivity index (χ4n) is 1.76. The molecule has 1 heterocycles. The minimum Gasteiger partial charge on any atom is -0.456 e. The van der Waals surface area contributed by atoms with E-state index in [1.165, 1.54) is 24.3 Å². The van der Waals surface area contributed by atoms with Gasteiger partial charge in [0.1, 0.15) is 11.5 Å². The monoisotopic (exact) mass is 331 g/mol. The van der Waals surface area contributed by atoms with Crippen LogP contribution in [0.5, 0.6) is 0 Å². The zero-order valence-corrected chi connectivity index (χ0v) is 12.4. The number of nitro benzene ring substituents is 1. The molecule has 0 saturated carbocycles. The fourth-order valence-corrected chi connectivity index (χ4v) is 1.93. The largest absolute Gasteiger partial charge is 0.456 e. The van der Waals surface area contributed by atoms with Gasteiger partial charge in [-0.15, -0.1) is 6.42 Å². The average Bonchev–Trinajstić information content (AvgIpc) is 2.99. The van der Waals surface area contributed by atoms with E-state index in [-0.39, 0.29) is 28.6 Å². The number of benzene rings is 1. The van der Waals surface area contributed by atoms with Crippen molar-refractivity contribution in [2.45, 2.75) is 0 Å². The van der Waals surface area contributed by atoms with Crippen molar-refractivity contribution in [3.63, 3.8) is 0 Å². The Balaban J connectivity index is 2.23. The lowest BCUT2D eigenvalue weighted by molar-refractivity contribution is -0.384. The van der Waals surface area contributed by atoms with Gasteiger partial charge in [-0.05, 0) is 30.3 Å². The summed E-state index contributed by atoms with van der Waals surface area (Å²) in [4.78, 5) is 21.8. The maximum atomic E-state index is 11.3. The molecule has 2 rings (SSSR count). The van der Waals surface area contributed by atoms with Crippen LogP contribution in [0.25, 0.3) is 17.4 Å². The van der Waals surface area contributed by atoms with Crippen LogP contribution < -0.4 is 0 Å². The van der Waals surface area contributed by atoms with Gasteiger partial charge in [0.05, 0.1) is 10.5 Å². The predicted octanol–water partition coefficient (Wildman–Crippen LogP) is 3.70. The molecule has 0 N–H and O–H groups in total. The summed E-state index contributed by atoms with van der Waals surface area (Å²) in [5.41, 5.74) is 0.116. The summed E-state index contributed by atoms with van der Waals surface area (Å²) in [5.74, 6) is 2.17. The molecule has 0 atom stereocenters. The smallest absolute Gasteiger partial charge is 0.331 e. The van der Waals surface area contributed by atoms with Gasteiger partial charge in [-0.25, -0.2) is 4.79 Å². The molecule has 0 saturated heterocycles. The Morgan fingerprint density at radius 1 is 1.43 bits per heavy atom. The van der Waals surface area contributed by atoms with Gasteiger partial charge < -0.3 is 9.15 Å². The van der Waals surface area contributed by atoms with E-state index in [2.05, 4.69) is 10.7 Å². The number of hydrogen-bond acceptors (Lipinski definition) is 5. The lowest BCUT2D eigenvalue weighted by atomic mass is 10.1. The molecule has 0 aliphatic carbocycles. The van der Waals surface area contributed by atoms with Crippen molar-refractivity contribution in [1.82, 2.24) is 0 Å². The second-order valence-electron chi connectivity index (χ2n) is 4.27. The molecule has 0 aliphatic rings. The molecule has 0 spiro atoms. The van der Waals surface area contributed by atoms with Crippen molar-refractivity contribution >= 4 is 29.3 Å². The van der Waals surface area contributed by atoms with Crippen LogP contribution in [0.1, 0.15) is 5.76 Å². The summed E-state index contributed by atoms with van der Waals surface area (Å²) in [6.07, 6.45) is 7.49. The fraction of sp³-hybridized carbons (Fsp3) is 0.0625. The predicted molar refractivity (Wildman–Crippen MR) is 84.6 cm³/mol. The summed E-state index contributed by atoms with van der Waals surface area (Å²) < 4.78 is 10.1. The van der Waals surface area contributed by atoms with Crippen LogP contribution >= 0.6 is 11.6 Å². The van der Waals surface area contributed by atoms with Crippen molar-refractivity contribution in [2.24, 2.45) is 0 Å². The van der Waals surface area contributed by atoms with E-state index >= 15 is 0 Å². The zero-order valence-electron chi connectivity index (χ0n) is 11.7. The quantitative estimate of drug-likeness (QED) is 0.274. The van der Waals surface area contributed by atoms with Gasteiger partial charge in [0.2, 0.25) is 0 Å². The molecule has 7 heteroatoms. The number of nitro groups is 1. The van der Waals surface area contributed by atoms with Crippen LogP contribution in [0.3, 0.4) is 0 Å². The molecule has 23 heavy (non-hydrogen) atoms. The van der Waals surface area contributed by atoms with Crippen molar-refractivity contribution in [3.05, 3.63) is 57.3 Å². The Labute approximate surface area is 136 Å². The van der Waals surface area contributed by atoms with Gasteiger partial charge in [-0.3, -0.25) is 10.1 Å². The van der Waals surface area contributed by atoms with Crippen LogP contribution in [0, 0.1) is 22.5 Å². The molecule has 1 aromatic carbocycles. The molecule has 1 aromatic heterocycles. The van der Waals surface area contributed by atoms with Crippen LogP contribution in [0.15, 0.2) is 40.8 Å². The van der Waals surface area contributed by atoms with Crippen LogP contribution in [-0.4, -0.2) is 17.5 Å². The van der Waals surface area contributed by atoms with Crippen LogP contribution in [0.4, 0.5) is 5.69 Å². The van der Waals surface area contributed by atoms with Gasteiger partial charge in [0, 0.05) is 17.2 Å². The first-order chi connectivity index (χ1) is 11.0. The minimum absolute atomic E-state index is 0.121. The molecule has 116 valence electrons. The number of nitrogens with zero attached hydrogens (tertiary/aromatic N) is 1. The lowest BCUT2D eigenvalue weighted by Crippen LogP contribution is -1.99. The van der Waals surface area contributed by atoms with Gasteiger partial charge in [0.15, 0.2) is 6.61 Å². The number of carbonyl (C=O) groups is 1. The maximum Gasteiger partial charge on any atom is 0.331 e. The Bertz CT molecular complexity index is 816. The number of rotatable bonds is 5. The van der Waals surface area contributed by atoms with E-state index in [1.807, 2.05) is 0 Å². The summed E-state index contributed by atoms with van der Waals surface area (Å²) in [6.45, 7) is -0.121. The van der Waals surface area contributed by atoms with E-state index in [9.17, 15) is 14.9 Å². The summed E-state index contributed by atoms with van der Waals surface area (Å²) in [5, 5.41) is 11.3. The zero-order chi connectivity index (χ0) is 16.8. The second kappa shape index (κ2) is 7.29. The number of terminal acetylenes is 1. The second-order valence-corrected chi connectivity index (χ2v) is 4.70. The highest BCUT2D eigenvalue weighted by Crippen LogP contribution is 2.33. The number of hydrogen-bond donors (Lipinski definition) is 0. The molecule has 0 aliphatic heterocycles. The standard InChI is InChI=1S/C16H10ClNO5/c1-2-9-22-16(19)8-5-12-4-7-15(23-12)13-6-3-11(17)10-14(13)18(20)21/h1,3-8,10H,9H2/b8-5+. The molecule has 0 bridgehead atoms. The molecular weight excluding hydrogens is 322 g/mol. The van der Waals surface area contributed by atoms with Gasteiger partial charge in [-0.2, -0.15) is 0 Å². The molecule has 6 nitrogen and oxygen atoms in total. The number of esters is 1. The number of halogens is 1. The molecule has 0 radical (unpaired) electrons. The van der Waals surface area contributed by atoms with E-state index in [0.29, 0.717) is 5.76 Å². The van der Waals surface area contributed by atoms with E-state index < -0.39 is 10.9 Å². The number of furan rings is 1. The molecule has 2 aromatic rings. The molecule has 0 fully saturated rings. The van der Waals surface area contributed by atoms with E-state index in [0.717, 1.165) is 6.08 Å². The normalized spacial score (nSPS) is 10.4. The Morgan fingerprint density at radius 2 is 2.22 bits per heavy atom. The topological polar surface area (TPSA) is 82.6 Å². The number of ether oxygens (including phenoxy) is 1. The first kappa shape index (κ1) is 16.3. The summed E-state index contributed by atoms with van der Waals surface area (Å²) in [6, 6.07) is 7.39.